The molecule has 1 aliphatic carbocycles. The standard InChI is InChI=1S/C19H22N4O2/c24-16-12-13-6-1-2-7-14(13)17(16)22-19(25)21-15-8-5-9-20-18(15)23-10-3-4-11-23/h1-2,5-9,16-17,24H,3-4,10-12H2,(H2,21,22,25)/t16-,17+/m1/s1. The average molecular weight is 338 g/mol. The highest BCUT2D eigenvalue weighted by atomic mass is 16.3. The maximum Gasteiger partial charge on any atom is 0.319 e. The van der Waals surface area contributed by atoms with Crippen LogP contribution in [0.25, 0.3) is 0 Å². The molecular formula is C19H22N4O2. The highest BCUT2D eigenvalue weighted by Crippen LogP contribution is 2.31. The molecule has 0 bridgehead atoms. The number of pyridine rings is 1. The van der Waals surface area contributed by atoms with E-state index in [-0.39, 0.29) is 12.1 Å². The first-order valence-electron chi connectivity index (χ1n) is 8.76. The third-order valence-electron chi connectivity index (χ3n) is 4.93. The normalized spacial score (nSPS) is 21.9. The molecule has 0 radical (unpaired) electrons. The van der Waals surface area contributed by atoms with E-state index in [0.717, 1.165) is 42.9 Å². The molecule has 1 aromatic heterocycles. The SMILES string of the molecule is O=C(Nc1cccnc1N1CCCC1)N[C@H]1c2ccccc2C[C@H]1O. The number of aliphatic hydroxyl groups excluding tert-OH is 1. The van der Waals surface area contributed by atoms with Gasteiger partial charge in [-0.05, 0) is 36.1 Å². The van der Waals surface area contributed by atoms with Gasteiger partial charge < -0.3 is 20.6 Å². The first-order valence-corrected chi connectivity index (χ1v) is 8.76. The summed E-state index contributed by atoms with van der Waals surface area (Å²) >= 11 is 0. The molecule has 0 spiro atoms. The number of carbonyl (C=O) groups is 1. The van der Waals surface area contributed by atoms with Crippen molar-refractivity contribution in [3.05, 3.63) is 53.7 Å². The number of amides is 2. The van der Waals surface area contributed by atoms with Crippen molar-refractivity contribution >= 4 is 17.5 Å². The van der Waals surface area contributed by atoms with Crippen molar-refractivity contribution in [3.63, 3.8) is 0 Å². The molecule has 3 N–H and O–H groups in total. The van der Waals surface area contributed by atoms with Gasteiger partial charge in [0.05, 0.1) is 17.8 Å². The Labute approximate surface area is 146 Å². The summed E-state index contributed by atoms with van der Waals surface area (Å²) in [7, 11) is 0. The van der Waals surface area contributed by atoms with Crippen LogP contribution in [0.3, 0.4) is 0 Å². The Kier molecular flexibility index (Phi) is 4.28. The van der Waals surface area contributed by atoms with Crippen LogP contribution < -0.4 is 15.5 Å². The monoisotopic (exact) mass is 338 g/mol. The molecule has 1 fully saturated rings. The zero-order valence-electron chi connectivity index (χ0n) is 14.0. The first kappa shape index (κ1) is 15.9. The molecule has 1 saturated heterocycles. The molecule has 6 heteroatoms. The van der Waals surface area contributed by atoms with Crippen LogP contribution in [0.2, 0.25) is 0 Å². The summed E-state index contributed by atoms with van der Waals surface area (Å²) in [5.74, 6) is 0.808. The van der Waals surface area contributed by atoms with Crippen LogP contribution in [0.5, 0.6) is 0 Å². The van der Waals surface area contributed by atoms with E-state index in [1.165, 1.54) is 0 Å². The Morgan fingerprint density at radius 3 is 2.80 bits per heavy atom. The maximum atomic E-state index is 12.5. The lowest BCUT2D eigenvalue weighted by molar-refractivity contribution is 0.144. The Morgan fingerprint density at radius 2 is 1.96 bits per heavy atom. The van der Waals surface area contributed by atoms with Crippen LogP contribution in [-0.2, 0) is 6.42 Å². The lowest BCUT2D eigenvalue weighted by Gasteiger charge is -2.22. The van der Waals surface area contributed by atoms with E-state index < -0.39 is 6.10 Å². The van der Waals surface area contributed by atoms with Crippen LogP contribution in [0.4, 0.5) is 16.3 Å². The second-order valence-corrected chi connectivity index (χ2v) is 6.62. The van der Waals surface area contributed by atoms with Crippen LogP contribution in [0, 0.1) is 0 Å². The van der Waals surface area contributed by atoms with Gasteiger partial charge in [0.1, 0.15) is 0 Å². The number of hydrogen-bond acceptors (Lipinski definition) is 4. The third kappa shape index (κ3) is 3.17. The molecule has 2 amide bonds. The zero-order chi connectivity index (χ0) is 17.2. The second kappa shape index (κ2) is 6.72. The summed E-state index contributed by atoms with van der Waals surface area (Å²) < 4.78 is 0. The first-order chi connectivity index (χ1) is 12.2. The second-order valence-electron chi connectivity index (χ2n) is 6.62. The number of benzene rings is 1. The number of urea groups is 1. The molecular weight excluding hydrogens is 316 g/mol. The fraction of sp³-hybridized carbons (Fsp3) is 0.368. The average Bonchev–Trinajstić information content (AvgIpc) is 3.24. The molecule has 0 saturated carbocycles. The molecule has 1 aliphatic heterocycles. The maximum absolute atomic E-state index is 12.5. The quantitative estimate of drug-likeness (QED) is 0.803. The number of nitrogens with one attached hydrogen (secondary N) is 2. The lowest BCUT2D eigenvalue weighted by atomic mass is 10.1. The molecule has 6 nitrogen and oxygen atoms in total. The minimum Gasteiger partial charge on any atom is -0.390 e. The van der Waals surface area contributed by atoms with Crippen molar-refractivity contribution in [2.75, 3.05) is 23.3 Å². The summed E-state index contributed by atoms with van der Waals surface area (Å²) in [6.07, 6.45) is 4.00. The molecule has 25 heavy (non-hydrogen) atoms. The van der Waals surface area contributed by atoms with Gasteiger partial charge in [0.25, 0.3) is 0 Å². The van der Waals surface area contributed by atoms with Gasteiger partial charge in [-0.3, -0.25) is 0 Å². The Morgan fingerprint density at radius 1 is 1.16 bits per heavy atom. The summed E-state index contributed by atoms with van der Waals surface area (Å²) in [4.78, 5) is 19.1. The van der Waals surface area contributed by atoms with Crippen molar-refractivity contribution < 1.29 is 9.90 Å². The van der Waals surface area contributed by atoms with Crippen LogP contribution in [0.15, 0.2) is 42.6 Å². The molecule has 1 aromatic carbocycles. The number of anilines is 2. The van der Waals surface area contributed by atoms with Crippen LogP contribution in [-0.4, -0.2) is 35.3 Å². The third-order valence-corrected chi connectivity index (χ3v) is 4.93. The smallest absolute Gasteiger partial charge is 0.319 e. The van der Waals surface area contributed by atoms with E-state index >= 15 is 0 Å². The van der Waals surface area contributed by atoms with Gasteiger partial charge in [-0.15, -0.1) is 0 Å². The number of nitrogens with zero attached hydrogens (tertiary/aromatic N) is 2. The highest BCUT2D eigenvalue weighted by Gasteiger charge is 2.32. The fourth-order valence-corrected chi connectivity index (χ4v) is 3.72. The van der Waals surface area contributed by atoms with Gasteiger partial charge in [-0.2, -0.15) is 0 Å². The number of aliphatic hydroxyl groups is 1. The molecule has 130 valence electrons. The molecule has 2 aliphatic rings. The highest BCUT2D eigenvalue weighted by molar-refractivity contribution is 5.92. The topological polar surface area (TPSA) is 77.5 Å². The predicted molar refractivity (Wildman–Crippen MR) is 96.7 cm³/mol. The van der Waals surface area contributed by atoms with Crippen molar-refractivity contribution in [3.8, 4) is 0 Å². The van der Waals surface area contributed by atoms with Gasteiger partial charge in [0, 0.05) is 25.7 Å². The number of aromatic nitrogens is 1. The lowest BCUT2D eigenvalue weighted by Crippen LogP contribution is -2.37. The van der Waals surface area contributed by atoms with Crippen molar-refractivity contribution in [1.29, 1.82) is 0 Å². The van der Waals surface area contributed by atoms with E-state index in [1.54, 1.807) is 6.20 Å². The molecule has 2 heterocycles. The van der Waals surface area contributed by atoms with Crippen molar-refractivity contribution in [2.24, 2.45) is 0 Å². The van der Waals surface area contributed by atoms with E-state index in [2.05, 4.69) is 20.5 Å². The minimum absolute atomic E-state index is 0.325. The van der Waals surface area contributed by atoms with Gasteiger partial charge in [-0.1, -0.05) is 24.3 Å². The number of carbonyl (C=O) groups excluding carboxylic acids is 1. The van der Waals surface area contributed by atoms with Gasteiger partial charge in [0.2, 0.25) is 0 Å². The Balaban J connectivity index is 1.48. The Hall–Kier alpha value is -2.60. The molecule has 0 unspecified atom stereocenters. The minimum atomic E-state index is -0.602. The van der Waals surface area contributed by atoms with E-state index in [9.17, 15) is 9.90 Å². The summed E-state index contributed by atoms with van der Waals surface area (Å²) in [5.41, 5.74) is 2.76. The molecule has 4 rings (SSSR count). The van der Waals surface area contributed by atoms with E-state index in [0.29, 0.717) is 12.1 Å². The van der Waals surface area contributed by atoms with Gasteiger partial charge in [-0.25, -0.2) is 9.78 Å². The van der Waals surface area contributed by atoms with E-state index in [4.69, 9.17) is 0 Å². The van der Waals surface area contributed by atoms with Crippen LogP contribution >= 0.6 is 0 Å². The predicted octanol–water partition coefficient (Wildman–Crippen LogP) is 2.46. The van der Waals surface area contributed by atoms with Gasteiger partial charge in [0.15, 0.2) is 5.82 Å². The summed E-state index contributed by atoms with van der Waals surface area (Å²) in [5, 5.41) is 16.1. The number of fused-ring (bicyclic) bond motifs is 1. The fourth-order valence-electron chi connectivity index (χ4n) is 3.72. The molecule has 2 aromatic rings. The van der Waals surface area contributed by atoms with Crippen molar-refractivity contribution in [1.82, 2.24) is 10.3 Å². The van der Waals surface area contributed by atoms with E-state index in [1.807, 2.05) is 36.4 Å². The van der Waals surface area contributed by atoms with Crippen molar-refractivity contribution in [2.45, 2.75) is 31.4 Å². The number of rotatable bonds is 3. The largest absolute Gasteiger partial charge is 0.390 e. The summed E-state index contributed by atoms with van der Waals surface area (Å²) in [6, 6.07) is 10.8. The van der Waals surface area contributed by atoms with Gasteiger partial charge >= 0.3 is 6.03 Å². The van der Waals surface area contributed by atoms with Crippen LogP contribution in [0.1, 0.15) is 30.0 Å². The summed E-state index contributed by atoms with van der Waals surface area (Å²) in [6.45, 7) is 1.92. The number of hydrogen-bond donors (Lipinski definition) is 3. The Bertz CT molecular complexity index is 774. The zero-order valence-corrected chi connectivity index (χ0v) is 14.0. The molecule has 2 atom stereocenters.